The molecule has 0 aliphatic heterocycles. The molecule has 0 bridgehead atoms. The Kier molecular flexibility index (Phi) is 4.09. The molecule has 84 valence electrons. The first-order valence-corrected chi connectivity index (χ1v) is 4.77. The van der Waals surface area contributed by atoms with Gasteiger partial charge < -0.3 is 15.9 Å². The summed E-state index contributed by atoms with van der Waals surface area (Å²) in [5.74, 6) is -0.911. The molecular formula is C10H21NO3. The molecule has 0 aromatic carbocycles. The van der Waals surface area contributed by atoms with Crippen molar-refractivity contribution in [2.24, 2.45) is 16.6 Å². The van der Waals surface area contributed by atoms with Crippen LogP contribution >= 0.6 is 0 Å². The Labute approximate surface area is 85.1 Å². The van der Waals surface area contributed by atoms with Crippen LogP contribution < -0.4 is 5.73 Å². The second-order valence-corrected chi connectivity index (χ2v) is 4.88. The van der Waals surface area contributed by atoms with E-state index in [1.165, 1.54) is 0 Å². The van der Waals surface area contributed by atoms with Crippen molar-refractivity contribution in [2.75, 3.05) is 6.61 Å². The monoisotopic (exact) mass is 203 g/mol. The zero-order valence-corrected chi connectivity index (χ0v) is 9.37. The van der Waals surface area contributed by atoms with Crippen molar-refractivity contribution in [3.63, 3.8) is 0 Å². The highest BCUT2D eigenvalue weighted by molar-refractivity contribution is 5.76. The lowest BCUT2D eigenvalue weighted by Gasteiger charge is -2.42. The van der Waals surface area contributed by atoms with Crippen molar-refractivity contribution >= 4 is 5.97 Å². The molecule has 0 rings (SSSR count). The van der Waals surface area contributed by atoms with E-state index in [1.807, 2.05) is 20.8 Å². The largest absolute Gasteiger partial charge is 0.481 e. The SMILES string of the molecule is CC(C)(C)C(C)(C(=O)O)[C@@H](N)CCO. The fraction of sp³-hybridized carbons (Fsp3) is 0.900. The van der Waals surface area contributed by atoms with E-state index in [0.717, 1.165) is 0 Å². The normalized spacial score (nSPS) is 18.7. The summed E-state index contributed by atoms with van der Waals surface area (Å²) in [6, 6.07) is -0.537. The smallest absolute Gasteiger partial charge is 0.311 e. The molecule has 4 nitrogen and oxygen atoms in total. The van der Waals surface area contributed by atoms with Crippen molar-refractivity contribution in [1.82, 2.24) is 0 Å². The van der Waals surface area contributed by atoms with Crippen LogP contribution in [-0.2, 0) is 4.79 Å². The maximum Gasteiger partial charge on any atom is 0.311 e. The minimum atomic E-state index is -1.02. The number of aliphatic carboxylic acids is 1. The predicted molar refractivity (Wildman–Crippen MR) is 54.9 cm³/mol. The molecule has 1 unspecified atom stereocenters. The summed E-state index contributed by atoms with van der Waals surface area (Å²) in [6.07, 6.45) is 0.306. The van der Waals surface area contributed by atoms with Gasteiger partial charge in [-0.2, -0.15) is 0 Å². The van der Waals surface area contributed by atoms with Gasteiger partial charge in [-0.25, -0.2) is 0 Å². The molecule has 4 heteroatoms. The summed E-state index contributed by atoms with van der Waals surface area (Å²) in [5.41, 5.74) is 4.35. The highest BCUT2D eigenvalue weighted by Crippen LogP contribution is 2.41. The number of aliphatic hydroxyl groups excluding tert-OH is 1. The minimum absolute atomic E-state index is 0.0832. The van der Waals surface area contributed by atoms with Gasteiger partial charge in [0.25, 0.3) is 0 Å². The Bertz CT molecular complexity index is 210. The van der Waals surface area contributed by atoms with Crippen LogP contribution in [0.3, 0.4) is 0 Å². The van der Waals surface area contributed by atoms with Gasteiger partial charge in [-0.3, -0.25) is 4.79 Å². The molecule has 0 aliphatic rings. The fourth-order valence-corrected chi connectivity index (χ4v) is 1.46. The van der Waals surface area contributed by atoms with E-state index in [0.29, 0.717) is 6.42 Å². The molecular weight excluding hydrogens is 182 g/mol. The van der Waals surface area contributed by atoms with Crippen molar-refractivity contribution in [1.29, 1.82) is 0 Å². The van der Waals surface area contributed by atoms with Gasteiger partial charge in [-0.15, -0.1) is 0 Å². The van der Waals surface area contributed by atoms with Crippen molar-refractivity contribution < 1.29 is 15.0 Å². The molecule has 2 atom stereocenters. The molecule has 0 saturated heterocycles. The number of carboxylic acid groups (broad SMARTS) is 1. The molecule has 0 aliphatic carbocycles. The first-order valence-electron chi connectivity index (χ1n) is 4.77. The Hall–Kier alpha value is -0.610. The minimum Gasteiger partial charge on any atom is -0.481 e. The third-order valence-electron chi connectivity index (χ3n) is 3.18. The Balaban J connectivity index is 5.01. The molecule has 0 saturated carbocycles. The van der Waals surface area contributed by atoms with Crippen molar-refractivity contribution in [3.05, 3.63) is 0 Å². The number of carboxylic acids is 1. The van der Waals surface area contributed by atoms with Gasteiger partial charge in [-0.1, -0.05) is 20.8 Å². The number of hydrogen-bond acceptors (Lipinski definition) is 3. The third-order valence-corrected chi connectivity index (χ3v) is 3.18. The summed E-state index contributed by atoms with van der Waals surface area (Å²) in [7, 11) is 0. The fourth-order valence-electron chi connectivity index (χ4n) is 1.46. The Morgan fingerprint density at radius 1 is 1.36 bits per heavy atom. The Morgan fingerprint density at radius 2 is 1.79 bits per heavy atom. The summed E-state index contributed by atoms with van der Waals surface area (Å²) in [6.45, 7) is 7.09. The number of rotatable bonds is 4. The lowest BCUT2D eigenvalue weighted by Crippen LogP contribution is -2.53. The highest BCUT2D eigenvalue weighted by atomic mass is 16.4. The lowest BCUT2D eigenvalue weighted by molar-refractivity contribution is -0.157. The number of carbonyl (C=O) groups is 1. The van der Waals surface area contributed by atoms with Gasteiger partial charge in [0.1, 0.15) is 0 Å². The second kappa shape index (κ2) is 4.28. The molecule has 0 heterocycles. The second-order valence-electron chi connectivity index (χ2n) is 4.88. The standard InChI is InChI=1S/C10H21NO3/c1-9(2,3)10(4,8(13)14)7(11)5-6-12/h7,12H,5-6,11H2,1-4H3,(H,13,14)/t7-,10?/m0/s1. The van der Waals surface area contributed by atoms with E-state index in [-0.39, 0.29) is 6.61 Å². The molecule has 14 heavy (non-hydrogen) atoms. The molecule has 0 fully saturated rings. The van der Waals surface area contributed by atoms with Crippen LogP contribution in [0.25, 0.3) is 0 Å². The lowest BCUT2D eigenvalue weighted by atomic mass is 9.63. The zero-order chi connectivity index (χ0) is 11.6. The maximum absolute atomic E-state index is 11.2. The van der Waals surface area contributed by atoms with Crippen LogP contribution in [0, 0.1) is 10.8 Å². The number of aliphatic hydroxyl groups is 1. The van der Waals surface area contributed by atoms with Gasteiger partial charge in [0.15, 0.2) is 0 Å². The van der Waals surface area contributed by atoms with Crippen molar-refractivity contribution in [3.8, 4) is 0 Å². The van der Waals surface area contributed by atoms with Crippen LogP contribution in [0.5, 0.6) is 0 Å². The average Bonchev–Trinajstić information content (AvgIpc) is 2.00. The van der Waals surface area contributed by atoms with Gasteiger partial charge in [0.2, 0.25) is 0 Å². The van der Waals surface area contributed by atoms with Gasteiger partial charge in [-0.05, 0) is 18.8 Å². The summed E-state index contributed by atoms with van der Waals surface area (Å²) < 4.78 is 0. The number of hydrogen-bond donors (Lipinski definition) is 3. The van der Waals surface area contributed by atoms with Crippen LogP contribution in [0.4, 0.5) is 0 Å². The summed E-state index contributed by atoms with van der Waals surface area (Å²) in [5, 5.41) is 18.0. The third kappa shape index (κ3) is 2.25. The van der Waals surface area contributed by atoms with Crippen LogP contribution in [0.1, 0.15) is 34.1 Å². The molecule has 0 aromatic heterocycles. The molecule has 0 spiro atoms. The van der Waals surface area contributed by atoms with Gasteiger partial charge in [0, 0.05) is 12.6 Å². The van der Waals surface area contributed by atoms with Crippen LogP contribution in [0.2, 0.25) is 0 Å². The van der Waals surface area contributed by atoms with E-state index in [1.54, 1.807) is 6.92 Å². The van der Waals surface area contributed by atoms with Gasteiger partial charge in [0.05, 0.1) is 5.41 Å². The molecule has 0 aromatic rings. The maximum atomic E-state index is 11.2. The van der Waals surface area contributed by atoms with E-state index >= 15 is 0 Å². The zero-order valence-electron chi connectivity index (χ0n) is 9.37. The number of nitrogens with two attached hydrogens (primary N) is 1. The van der Waals surface area contributed by atoms with E-state index < -0.39 is 22.8 Å². The topological polar surface area (TPSA) is 83.5 Å². The molecule has 4 N–H and O–H groups in total. The average molecular weight is 203 g/mol. The summed E-state index contributed by atoms with van der Waals surface area (Å²) in [4.78, 5) is 11.2. The first-order chi connectivity index (χ1) is 6.17. The van der Waals surface area contributed by atoms with E-state index in [9.17, 15) is 9.90 Å². The first kappa shape index (κ1) is 13.4. The van der Waals surface area contributed by atoms with Gasteiger partial charge >= 0.3 is 5.97 Å². The molecule has 0 radical (unpaired) electrons. The van der Waals surface area contributed by atoms with Crippen molar-refractivity contribution in [2.45, 2.75) is 40.2 Å². The van der Waals surface area contributed by atoms with E-state index in [4.69, 9.17) is 10.8 Å². The van der Waals surface area contributed by atoms with Crippen LogP contribution in [0.15, 0.2) is 0 Å². The predicted octanol–water partition coefficient (Wildman–Crippen LogP) is 0.833. The van der Waals surface area contributed by atoms with Crippen LogP contribution in [-0.4, -0.2) is 28.8 Å². The quantitative estimate of drug-likeness (QED) is 0.632. The Morgan fingerprint density at radius 3 is 2.00 bits per heavy atom. The molecule has 0 amide bonds. The summed E-state index contributed by atoms with van der Waals surface area (Å²) >= 11 is 0. The van der Waals surface area contributed by atoms with E-state index in [2.05, 4.69) is 0 Å². The highest BCUT2D eigenvalue weighted by Gasteiger charge is 2.48.